The van der Waals surface area contributed by atoms with Crippen LogP contribution in [-0.4, -0.2) is 34.0 Å². The van der Waals surface area contributed by atoms with Gasteiger partial charge in [0.25, 0.3) is 0 Å². The zero-order valence-electron chi connectivity index (χ0n) is 15.4. The predicted octanol–water partition coefficient (Wildman–Crippen LogP) is 2.47. The maximum atomic E-state index is 12.7. The van der Waals surface area contributed by atoms with Crippen LogP contribution in [0.1, 0.15) is 18.9 Å². The van der Waals surface area contributed by atoms with E-state index in [1.165, 1.54) is 11.8 Å². The molecule has 1 aliphatic rings. The molecule has 3 aromatic rings. The average Bonchev–Trinajstić information content (AvgIpc) is 3.27. The van der Waals surface area contributed by atoms with Crippen LogP contribution < -0.4 is 21.1 Å². The second kappa shape index (κ2) is 7.63. The van der Waals surface area contributed by atoms with Crippen LogP contribution in [0.4, 0.5) is 10.5 Å². The average molecular weight is 383 g/mol. The van der Waals surface area contributed by atoms with Crippen molar-refractivity contribution >= 4 is 11.7 Å². The van der Waals surface area contributed by atoms with E-state index in [1.54, 1.807) is 41.2 Å². The van der Waals surface area contributed by atoms with Gasteiger partial charge in [0.05, 0.1) is 25.6 Å². The van der Waals surface area contributed by atoms with Gasteiger partial charge in [-0.2, -0.15) is 0 Å². The van der Waals surface area contributed by atoms with E-state index in [-0.39, 0.29) is 30.9 Å². The van der Waals surface area contributed by atoms with Crippen LogP contribution in [0.25, 0.3) is 11.6 Å². The maximum absolute atomic E-state index is 12.7. The first-order valence-corrected chi connectivity index (χ1v) is 9.08. The standard InChI is InChI=1S/C19H21N5O4/c1-27-15-6-3-2-5-14(15)21-18(25)20-10-11-23-19(26)24(13-8-9-13)17(22-23)16-7-4-12-28-16/h2-7,12-13H,8-11H2,1H3,(H2,20,21,25). The number of para-hydroxylation sites is 2. The SMILES string of the molecule is COc1ccccc1NC(=O)NCCn1nc(-c2ccco2)n(C2CC2)c1=O. The fraction of sp³-hybridized carbons (Fsp3) is 0.316. The summed E-state index contributed by atoms with van der Waals surface area (Å²) in [6, 6.07) is 10.5. The quantitative estimate of drug-likeness (QED) is 0.652. The van der Waals surface area contributed by atoms with Crippen LogP contribution in [0.5, 0.6) is 5.75 Å². The molecule has 0 saturated heterocycles. The van der Waals surface area contributed by atoms with Gasteiger partial charge < -0.3 is 19.8 Å². The van der Waals surface area contributed by atoms with Crippen molar-refractivity contribution in [3.05, 3.63) is 53.1 Å². The van der Waals surface area contributed by atoms with Gasteiger partial charge in [0.15, 0.2) is 5.76 Å². The second-order valence-electron chi connectivity index (χ2n) is 6.49. The van der Waals surface area contributed by atoms with E-state index in [2.05, 4.69) is 15.7 Å². The highest BCUT2D eigenvalue weighted by molar-refractivity contribution is 5.90. The molecule has 2 aromatic heterocycles. The molecule has 28 heavy (non-hydrogen) atoms. The van der Waals surface area contributed by atoms with E-state index in [0.29, 0.717) is 23.0 Å². The van der Waals surface area contributed by atoms with Crippen molar-refractivity contribution in [2.45, 2.75) is 25.4 Å². The van der Waals surface area contributed by atoms with Crippen LogP contribution in [0.3, 0.4) is 0 Å². The Balaban J connectivity index is 1.41. The summed E-state index contributed by atoms with van der Waals surface area (Å²) in [5, 5.41) is 9.86. The smallest absolute Gasteiger partial charge is 0.346 e. The Morgan fingerprint density at radius 3 is 2.82 bits per heavy atom. The summed E-state index contributed by atoms with van der Waals surface area (Å²) in [5.74, 6) is 1.65. The highest BCUT2D eigenvalue weighted by Crippen LogP contribution is 2.36. The Bertz CT molecular complexity index is 1020. The summed E-state index contributed by atoms with van der Waals surface area (Å²) in [5.41, 5.74) is 0.374. The lowest BCUT2D eigenvalue weighted by molar-refractivity contribution is 0.251. The molecule has 0 spiro atoms. The normalized spacial score (nSPS) is 13.3. The number of carbonyl (C=O) groups is 1. The number of benzene rings is 1. The number of hydrogen-bond acceptors (Lipinski definition) is 5. The van der Waals surface area contributed by atoms with E-state index in [4.69, 9.17) is 9.15 Å². The van der Waals surface area contributed by atoms with Crippen LogP contribution in [0, 0.1) is 0 Å². The first-order chi connectivity index (χ1) is 13.7. The molecular formula is C19H21N5O4. The molecule has 0 radical (unpaired) electrons. The molecule has 9 heteroatoms. The molecule has 2 N–H and O–H groups in total. The molecule has 0 unspecified atom stereocenters. The van der Waals surface area contributed by atoms with E-state index >= 15 is 0 Å². The zero-order valence-corrected chi connectivity index (χ0v) is 15.4. The molecule has 2 heterocycles. The number of rotatable bonds is 7. The summed E-state index contributed by atoms with van der Waals surface area (Å²) in [7, 11) is 1.54. The van der Waals surface area contributed by atoms with Crippen molar-refractivity contribution in [2.75, 3.05) is 19.0 Å². The Kier molecular flexibility index (Phi) is 4.88. The molecule has 4 rings (SSSR count). The van der Waals surface area contributed by atoms with Gasteiger partial charge in [0, 0.05) is 12.6 Å². The van der Waals surface area contributed by atoms with Crippen molar-refractivity contribution in [2.24, 2.45) is 0 Å². The van der Waals surface area contributed by atoms with Gasteiger partial charge in [-0.05, 0) is 37.1 Å². The highest BCUT2D eigenvalue weighted by atomic mass is 16.5. The van der Waals surface area contributed by atoms with Crippen LogP contribution >= 0.6 is 0 Å². The number of anilines is 1. The number of nitrogens with zero attached hydrogens (tertiary/aromatic N) is 3. The predicted molar refractivity (Wildman–Crippen MR) is 102 cm³/mol. The van der Waals surface area contributed by atoms with E-state index < -0.39 is 0 Å². The Hall–Kier alpha value is -3.49. The van der Waals surface area contributed by atoms with Crippen molar-refractivity contribution in [3.8, 4) is 17.3 Å². The number of nitrogens with one attached hydrogen (secondary N) is 2. The van der Waals surface area contributed by atoms with Gasteiger partial charge in [-0.25, -0.2) is 14.3 Å². The minimum absolute atomic E-state index is 0.170. The number of carbonyl (C=O) groups excluding carboxylic acids is 1. The van der Waals surface area contributed by atoms with E-state index in [9.17, 15) is 9.59 Å². The van der Waals surface area contributed by atoms with E-state index in [1.807, 2.05) is 6.07 Å². The van der Waals surface area contributed by atoms with Gasteiger partial charge >= 0.3 is 11.7 Å². The lowest BCUT2D eigenvalue weighted by Crippen LogP contribution is -2.34. The number of aromatic nitrogens is 3. The number of hydrogen-bond donors (Lipinski definition) is 2. The number of methoxy groups -OCH3 is 1. The summed E-state index contributed by atoms with van der Waals surface area (Å²) in [6.07, 6.45) is 3.47. The largest absolute Gasteiger partial charge is 0.495 e. The molecule has 0 bridgehead atoms. The van der Waals surface area contributed by atoms with Crippen LogP contribution in [0.15, 0.2) is 51.9 Å². The Morgan fingerprint density at radius 1 is 1.29 bits per heavy atom. The summed E-state index contributed by atoms with van der Waals surface area (Å²) in [4.78, 5) is 24.8. The maximum Gasteiger partial charge on any atom is 0.346 e. The first kappa shape index (κ1) is 17.9. The molecule has 1 aliphatic carbocycles. The molecular weight excluding hydrogens is 362 g/mol. The molecule has 1 saturated carbocycles. The third-order valence-corrected chi connectivity index (χ3v) is 4.49. The van der Waals surface area contributed by atoms with Crippen molar-refractivity contribution in [1.82, 2.24) is 19.7 Å². The summed E-state index contributed by atoms with van der Waals surface area (Å²) >= 11 is 0. The molecule has 1 fully saturated rings. The lowest BCUT2D eigenvalue weighted by Gasteiger charge is -2.10. The molecule has 146 valence electrons. The summed E-state index contributed by atoms with van der Waals surface area (Å²) in [6.45, 7) is 0.506. The minimum atomic E-state index is -0.384. The molecule has 2 amide bonds. The topological polar surface area (TPSA) is 103 Å². The van der Waals surface area contributed by atoms with Gasteiger partial charge in [-0.1, -0.05) is 12.1 Å². The van der Waals surface area contributed by atoms with Gasteiger partial charge in [0.1, 0.15) is 5.75 Å². The Labute approximate surface area is 160 Å². The molecule has 1 aromatic carbocycles. The van der Waals surface area contributed by atoms with Crippen molar-refractivity contribution in [3.63, 3.8) is 0 Å². The fourth-order valence-electron chi connectivity index (χ4n) is 2.99. The minimum Gasteiger partial charge on any atom is -0.495 e. The molecule has 0 atom stereocenters. The van der Waals surface area contributed by atoms with Crippen LogP contribution in [-0.2, 0) is 6.54 Å². The lowest BCUT2D eigenvalue weighted by atomic mass is 10.3. The zero-order chi connectivity index (χ0) is 19.5. The van der Waals surface area contributed by atoms with Crippen LogP contribution in [0.2, 0.25) is 0 Å². The monoisotopic (exact) mass is 383 g/mol. The first-order valence-electron chi connectivity index (χ1n) is 9.08. The van der Waals surface area contributed by atoms with E-state index in [0.717, 1.165) is 12.8 Å². The summed E-state index contributed by atoms with van der Waals surface area (Å²) < 4.78 is 13.7. The molecule has 9 nitrogen and oxygen atoms in total. The second-order valence-corrected chi connectivity index (χ2v) is 6.49. The van der Waals surface area contributed by atoms with Gasteiger partial charge in [-0.15, -0.1) is 5.10 Å². The third kappa shape index (κ3) is 3.64. The van der Waals surface area contributed by atoms with Gasteiger partial charge in [0.2, 0.25) is 5.82 Å². The van der Waals surface area contributed by atoms with Crippen molar-refractivity contribution in [1.29, 1.82) is 0 Å². The Morgan fingerprint density at radius 2 is 2.11 bits per heavy atom. The number of furan rings is 1. The van der Waals surface area contributed by atoms with Gasteiger partial charge in [-0.3, -0.25) is 4.57 Å². The molecule has 0 aliphatic heterocycles. The number of ether oxygens (including phenoxy) is 1. The highest BCUT2D eigenvalue weighted by Gasteiger charge is 2.31. The fourth-order valence-corrected chi connectivity index (χ4v) is 2.99. The third-order valence-electron chi connectivity index (χ3n) is 4.49. The number of amides is 2. The van der Waals surface area contributed by atoms with Crippen molar-refractivity contribution < 1.29 is 13.9 Å². The number of urea groups is 1.